The molecule has 27 heavy (non-hydrogen) atoms. The number of aliphatic hydroxyl groups is 1. The van der Waals surface area contributed by atoms with Crippen LogP contribution >= 0.6 is 22.7 Å². The van der Waals surface area contributed by atoms with E-state index in [4.69, 9.17) is 0 Å². The van der Waals surface area contributed by atoms with Gasteiger partial charge in [-0.2, -0.15) is 0 Å². The third-order valence-electron chi connectivity index (χ3n) is 4.63. The number of hydrogen-bond donors (Lipinski definition) is 1. The number of amides is 1. The van der Waals surface area contributed by atoms with Crippen LogP contribution in [0.25, 0.3) is 0 Å². The van der Waals surface area contributed by atoms with E-state index in [0.717, 1.165) is 16.0 Å². The van der Waals surface area contributed by atoms with Crippen LogP contribution in [0.3, 0.4) is 0 Å². The molecule has 1 unspecified atom stereocenters. The summed E-state index contributed by atoms with van der Waals surface area (Å²) in [6.07, 6.45) is 0. The van der Waals surface area contributed by atoms with Crippen LogP contribution in [-0.2, 0) is 4.79 Å². The van der Waals surface area contributed by atoms with Crippen LogP contribution in [0.1, 0.15) is 31.7 Å². The molecule has 1 aliphatic rings. The Labute approximate surface area is 165 Å². The molecule has 6 heteroatoms. The molecule has 3 heterocycles. The normalized spacial score (nSPS) is 17.0. The number of Topliss-reactive ketones (excluding diaryl/α,β-unsaturated/α-hetero) is 1. The number of aliphatic hydroxyl groups excluding tert-OH is 1. The van der Waals surface area contributed by atoms with Crippen LogP contribution in [0.2, 0.25) is 0 Å². The SMILES string of the molecule is Cc1cccc(N2C(=O)C(O)=C(C(=O)c3cccs3)C2c2sccc2C)c1. The van der Waals surface area contributed by atoms with Crippen molar-refractivity contribution >= 4 is 40.1 Å². The van der Waals surface area contributed by atoms with Crippen molar-refractivity contribution in [2.24, 2.45) is 0 Å². The van der Waals surface area contributed by atoms with E-state index in [0.29, 0.717) is 10.6 Å². The van der Waals surface area contributed by atoms with Crippen LogP contribution in [0.5, 0.6) is 0 Å². The number of benzene rings is 1. The molecule has 0 spiro atoms. The van der Waals surface area contributed by atoms with Crippen LogP contribution < -0.4 is 4.90 Å². The molecule has 1 aromatic carbocycles. The summed E-state index contributed by atoms with van der Waals surface area (Å²) in [5.74, 6) is -1.31. The van der Waals surface area contributed by atoms with Gasteiger partial charge in [-0.25, -0.2) is 0 Å². The molecule has 1 N–H and O–H groups in total. The van der Waals surface area contributed by atoms with E-state index >= 15 is 0 Å². The summed E-state index contributed by atoms with van der Waals surface area (Å²) in [6, 6.07) is 12.4. The maximum Gasteiger partial charge on any atom is 0.294 e. The summed E-state index contributed by atoms with van der Waals surface area (Å²) in [5.41, 5.74) is 2.80. The summed E-state index contributed by atoms with van der Waals surface area (Å²) in [7, 11) is 0. The van der Waals surface area contributed by atoms with E-state index in [-0.39, 0.29) is 11.4 Å². The van der Waals surface area contributed by atoms with E-state index in [2.05, 4.69) is 0 Å². The number of aryl methyl sites for hydroxylation is 2. The average molecular weight is 396 g/mol. The van der Waals surface area contributed by atoms with Crippen molar-refractivity contribution in [1.82, 2.24) is 0 Å². The summed E-state index contributed by atoms with van der Waals surface area (Å²) in [5, 5.41) is 14.4. The van der Waals surface area contributed by atoms with Crippen molar-refractivity contribution in [2.45, 2.75) is 19.9 Å². The minimum Gasteiger partial charge on any atom is -0.503 e. The first-order chi connectivity index (χ1) is 13.0. The van der Waals surface area contributed by atoms with Crippen molar-refractivity contribution < 1.29 is 14.7 Å². The van der Waals surface area contributed by atoms with Crippen molar-refractivity contribution in [1.29, 1.82) is 0 Å². The molecule has 4 rings (SSSR count). The minimum absolute atomic E-state index is 0.148. The van der Waals surface area contributed by atoms with E-state index < -0.39 is 17.7 Å². The lowest BCUT2D eigenvalue weighted by molar-refractivity contribution is -0.117. The summed E-state index contributed by atoms with van der Waals surface area (Å²) < 4.78 is 0. The number of carbonyl (C=O) groups is 2. The molecule has 3 aromatic rings. The van der Waals surface area contributed by atoms with Gasteiger partial charge in [-0.3, -0.25) is 14.5 Å². The maximum absolute atomic E-state index is 13.1. The molecule has 0 bridgehead atoms. The highest BCUT2D eigenvalue weighted by molar-refractivity contribution is 7.12. The van der Waals surface area contributed by atoms with Crippen molar-refractivity contribution in [2.75, 3.05) is 4.90 Å². The summed E-state index contributed by atoms with van der Waals surface area (Å²) in [6.45, 7) is 3.90. The molecule has 0 fully saturated rings. The lowest BCUT2D eigenvalue weighted by Crippen LogP contribution is -2.30. The maximum atomic E-state index is 13.1. The van der Waals surface area contributed by atoms with E-state index in [1.807, 2.05) is 54.9 Å². The summed E-state index contributed by atoms with van der Waals surface area (Å²) >= 11 is 2.79. The largest absolute Gasteiger partial charge is 0.503 e. The molecule has 1 atom stereocenters. The zero-order chi connectivity index (χ0) is 19.1. The summed E-state index contributed by atoms with van der Waals surface area (Å²) in [4.78, 5) is 29.1. The number of thiophene rings is 2. The Hall–Kier alpha value is -2.70. The molecule has 0 saturated heterocycles. The second-order valence-electron chi connectivity index (χ2n) is 6.45. The predicted octanol–water partition coefficient (Wildman–Crippen LogP) is 5.21. The standard InChI is InChI=1S/C21H17NO3S2/c1-12-5-3-6-14(11-12)22-17(20-13(2)8-10-27-20)16(19(24)21(22)25)18(23)15-7-4-9-26-15/h3-11,17,24H,1-2H3. The third kappa shape index (κ3) is 2.91. The quantitative estimate of drug-likeness (QED) is 0.617. The molecular formula is C21H17NO3S2. The monoisotopic (exact) mass is 395 g/mol. The average Bonchev–Trinajstić information content (AvgIpc) is 3.36. The molecule has 0 saturated carbocycles. The van der Waals surface area contributed by atoms with Crippen LogP contribution in [0.15, 0.2) is 64.6 Å². The first-order valence-corrected chi connectivity index (χ1v) is 10.2. The van der Waals surface area contributed by atoms with Gasteiger partial charge in [0.05, 0.1) is 10.5 Å². The van der Waals surface area contributed by atoms with Gasteiger partial charge in [-0.15, -0.1) is 22.7 Å². The fourth-order valence-corrected chi connectivity index (χ4v) is 5.04. The lowest BCUT2D eigenvalue weighted by atomic mass is 9.98. The molecule has 136 valence electrons. The van der Waals surface area contributed by atoms with Crippen molar-refractivity contribution in [3.05, 3.63) is 85.4 Å². The smallest absolute Gasteiger partial charge is 0.294 e. The zero-order valence-electron chi connectivity index (χ0n) is 14.8. The van der Waals surface area contributed by atoms with E-state index in [9.17, 15) is 14.7 Å². The first-order valence-electron chi connectivity index (χ1n) is 8.44. The van der Waals surface area contributed by atoms with Crippen LogP contribution in [-0.4, -0.2) is 16.8 Å². The van der Waals surface area contributed by atoms with Crippen LogP contribution in [0.4, 0.5) is 5.69 Å². The highest BCUT2D eigenvalue weighted by Gasteiger charge is 2.45. The molecule has 4 nitrogen and oxygen atoms in total. The number of ketones is 1. The third-order valence-corrected chi connectivity index (χ3v) is 6.57. The van der Waals surface area contributed by atoms with Gasteiger partial charge < -0.3 is 5.11 Å². The van der Waals surface area contributed by atoms with Crippen LogP contribution in [0, 0.1) is 13.8 Å². The Bertz CT molecular complexity index is 1060. The van der Waals surface area contributed by atoms with Gasteiger partial charge in [0, 0.05) is 10.6 Å². The Morgan fingerprint density at radius 2 is 1.89 bits per heavy atom. The van der Waals surface area contributed by atoms with Crippen molar-refractivity contribution in [3.8, 4) is 0 Å². The van der Waals surface area contributed by atoms with Gasteiger partial charge in [0.25, 0.3) is 5.91 Å². The Morgan fingerprint density at radius 1 is 1.07 bits per heavy atom. The number of nitrogens with zero attached hydrogens (tertiary/aromatic N) is 1. The Kier molecular flexibility index (Phi) is 4.45. The second-order valence-corrected chi connectivity index (χ2v) is 8.35. The van der Waals surface area contributed by atoms with Gasteiger partial charge in [0.1, 0.15) is 6.04 Å². The number of hydrogen-bond acceptors (Lipinski definition) is 5. The lowest BCUT2D eigenvalue weighted by Gasteiger charge is -2.26. The van der Waals surface area contributed by atoms with Gasteiger partial charge >= 0.3 is 0 Å². The second kappa shape index (κ2) is 6.79. The van der Waals surface area contributed by atoms with Gasteiger partial charge in [-0.05, 0) is 60.0 Å². The Balaban J connectivity index is 1.90. The topological polar surface area (TPSA) is 57.6 Å². The molecular weight excluding hydrogens is 378 g/mol. The van der Waals surface area contributed by atoms with Gasteiger partial charge in [-0.1, -0.05) is 18.2 Å². The molecule has 1 aliphatic heterocycles. The number of anilines is 1. The Morgan fingerprint density at radius 3 is 2.52 bits per heavy atom. The molecule has 0 aliphatic carbocycles. The zero-order valence-corrected chi connectivity index (χ0v) is 16.4. The van der Waals surface area contributed by atoms with E-state index in [1.54, 1.807) is 12.1 Å². The van der Waals surface area contributed by atoms with Gasteiger partial charge in [0.2, 0.25) is 5.78 Å². The van der Waals surface area contributed by atoms with Gasteiger partial charge in [0.15, 0.2) is 5.76 Å². The predicted molar refractivity (Wildman–Crippen MR) is 109 cm³/mol. The number of carbonyl (C=O) groups excluding carboxylic acids is 2. The molecule has 0 radical (unpaired) electrons. The first kappa shape index (κ1) is 17.7. The van der Waals surface area contributed by atoms with E-state index in [1.165, 1.54) is 27.6 Å². The highest BCUT2D eigenvalue weighted by atomic mass is 32.1. The molecule has 1 amide bonds. The van der Waals surface area contributed by atoms with Crippen molar-refractivity contribution in [3.63, 3.8) is 0 Å². The fraction of sp³-hybridized carbons (Fsp3) is 0.143. The fourth-order valence-electron chi connectivity index (χ4n) is 3.33. The number of rotatable bonds is 4. The molecule has 2 aromatic heterocycles. The highest BCUT2D eigenvalue weighted by Crippen LogP contribution is 2.44. The minimum atomic E-state index is -0.631.